The van der Waals surface area contributed by atoms with Crippen molar-refractivity contribution in [3.63, 3.8) is 0 Å². The maximum absolute atomic E-state index is 12.8. The molecule has 0 aromatic heterocycles. The predicted octanol–water partition coefficient (Wildman–Crippen LogP) is 5.42. The van der Waals surface area contributed by atoms with Gasteiger partial charge in [-0.2, -0.15) is 0 Å². The fourth-order valence-corrected chi connectivity index (χ4v) is 4.10. The van der Waals surface area contributed by atoms with Gasteiger partial charge in [0.2, 0.25) is 0 Å². The number of hydrazine groups is 1. The average Bonchev–Trinajstić information content (AvgIpc) is 3.14. The third-order valence-corrected chi connectivity index (χ3v) is 5.93. The first-order valence-corrected chi connectivity index (χ1v) is 11.9. The van der Waals surface area contributed by atoms with Crippen LogP contribution in [0.1, 0.15) is 12.0 Å². The first-order valence-electron chi connectivity index (χ1n) is 10.8. The first-order chi connectivity index (χ1) is 17.0. The van der Waals surface area contributed by atoms with Crippen LogP contribution in [-0.4, -0.2) is 32.1 Å². The molecule has 0 saturated carbocycles. The lowest BCUT2D eigenvalue weighted by Crippen LogP contribution is -2.35. The van der Waals surface area contributed by atoms with E-state index in [4.69, 9.17) is 25.8 Å². The van der Waals surface area contributed by atoms with Gasteiger partial charge in [-0.1, -0.05) is 29.8 Å². The van der Waals surface area contributed by atoms with E-state index in [2.05, 4.69) is 21.4 Å². The number of nitrogens with zero attached hydrogens (tertiary/aromatic N) is 1. The SMILES string of the molecule is COc1cc(/C=C2/C(=O)NN(c3ccccc3)C2=O)cc(Br)c1OCCCOc1ccc(Cl)cc1. The zero-order valence-electron chi connectivity index (χ0n) is 18.8. The van der Waals surface area contributed by atoms with Crippen LogP contribution in [0.15, 0.2) is 76.8 Å². The lowest BCUT2D eigenvalue weighted by molar-refractivity contribution is -0.117. The van der Waals surface area contributed by atoms with E-state index >= 15 is 0 Å². The van der Waals surface area contributed by atoms with Crippen LogP contribution in [0.3, 0.4) is 0 Å². The predicted molar refractivity (Wildman–Crippen MR) is 138 cm³/mol. The minimum absolute atomic E-state index is 0.0239. The van der Waals surface area contributed by atoms with E-state index in [-0.39, 0.29) is 5.57 Å². The highest BCUT2D eigenvalue weighted by Gasteiger charge is 2.34. The summed E-state index contributed by atoms with van der Waals surface area (Å²) in [7, 11) is 1.53. The van der Waals surface area contributed by atoms with Crippen LogP contribution in [-0.2, 0) is 9.59 Å². The number of hydrogen-bond donors (Lipinski definition) is 1. The largest absolute Gasteiger partial charge is 0.493 e. The Morgan fingerprint density at radius 2 is 1.71 bits per heavy atom. The van der Waals surface area contributed by atoms with Gasteiger partial charge in [-0.05, 0) is 76.1 Å². The van der Waals surface area contributed by atoms with Crippen molar-refractivity contribution in [2.75, 3.05) is 25.3 Å². The summed E-state index contributed by atoms with van der Waals surface area (Å²) in [6.45, 7) is 0.872. The van der Waals surface area contributed by atoms with Gasteiger partial charge < -0.3 is 14.2 Å². The number of methoxy groups -OCH3 is 1. The number of hydrogen-bond acceptors (Lipinski definition) is 5. The van der Waals surface area contributed by atoms with Crippen molar-refractivity contribution in [2.24, 2.45) is 0 Å². The van der Waals surface area contributed by atoms with Crippen LogP contribution in [0.2, 0.25) is 5.02 Å². The highest BCUT2D eigenvalue weighted by molar-refractivity contribution is 9.10. The molecule has 0 spiro atoms. The van der Waals surface area contributed by atoms with E-state index in [1.807, 2.05) is 18.2 Å². The van der Waals surface area contributed by atoms with E-state index in [0.717, 1.165) is 5.75 Å². The van der Waals surface area contributed by atoms with Crippen LogP contribution in [0.25, 0.3) is 6.08 Å². The molecule has 0 unspecified atom stereocenters. The second-order valence-corrected chi connectivity index (χ2v) is 8.80. The molecule has 1 heterocycles. The third-order valence-electron chi connectivity index (χ3n) is 5.09. The smallest absolute Gasteiger partial charge is 0.282 e. The Balaban J connectivity index is 1.41. The average molecular weight is 558 g/mol. The summed E-state index contributed by atoms with van der Waals surface area (Å²) in [6.07, 6.45) is 2.17. The van der Waals surface area contributed by atoms with Crippen LogP contribution in [0.5, 0.6) is 17.2 Å². The quantitative estimate of drug-likeness (QED) is 0.216. The van der Waals surface area contributed by atoms with Crippen molar-refractivity contribution in [1.82, 2.24) is 5.43 Å². The number of anilines is 1. The molecule has 2 amide bonds. The van der Waals surface area contributed by atoms with E-state index in [1.165, 1.54) is 18.2 Å². The van der Waals surface area contributed by atoms with Crippen molar-refractivity contribution in [2.45, 2.75) is 6.42 Å². The number of carbonyl (C=O) groups is 2. The molecule has 0 bridgehead atoms. The van der Waals surface area contributed by atoms with Crippen LogP contribution < -0.4 is 24.6 Å². The fourth-order valence-electron chi connectivity index (χ4n) is 3.40. The Kier molecular flexibility index (Phi) is 7.94. The second kappa shape index (κ2) is 11.3. The fraction of sp³-hybridized carbons (Fsp3) is 0.154. The van der Waals surface area contributed by atoms with Crippen molar-refractivity contribution in [1.29, 1.82) is 0 Å². The number of halogens is 2. The molecule has 3 aromatic carbocycles. The van der Waals surface area contributed by atoms with E-state index in [1.54, 1.807) is 48.5 Å². The minimum atomic E-state index is -0.477. The Hall–Kier alpha value is -3.49. The van der Waals surface area contributed by atoms with Gasteiger partial charge in [0, 0.05) is 11.4 Å². The zero-order valence-corrected chi connectivity index (χ0v) is 21.1. The third kappa shape index (κ3) is 5.96. The first kappa shape index (κ1) is 24.6. The standard InChI is InChI=1S/C26H22BrClN2O5/c1-33-23-16-17(14-21-25(31)29-30(26(21)32)19-6-3-2-4-7-19)15-22(27)24(23)35-13-5-12-34-20-10-8-18(28)9-11-20/h2-4,6-11,14-16H,5,12-13H2,1H3,(H,29,31)/b21-14-. The number of ether oxygens (including phenoxy) is 3. The van der Waals surface area contributed by atoms with E-state index in [0.29, 0.717) is 51.9 Å². The van der Waals surface area contributed by atoms with Gasteiger partial charge >= 0.3 is 0 Å². The Bertz CT molecular complexity index is 1250. The number of carbonyl (C=O) groups excluding carboxylic acids is 2. The normalized spacial score (nSPS) is 14.3. The van der Waals surface area contributed by atoms with Crippen molar-refractivity contribution in [3.8, 4) is 17.2 Å². The molecule has 1 N–H and O–H groups in total. The summed E-state index contributed by atoms with van der Waals surface area (Å²) in [6, 6.07) is 19.5. The molecule has 3 aromatic rings. The number of benzene rings is 3. The second-order valence-electron chi connectivity index (χ2n) is 7.51. The molecule has 7 nitrogen and oxygen atoms in total. The zero-order chi connectivity index (χ0) is 24.8. The van der Waals surface area contributed by atoms with Gasteiger partial charge in [0.15, 0.2) is 11.5 Å². The molecule has 1 saturated heterocycles. The highest BCUT2D eigenvalue weighted by Crippen LogP contribution is 2.37. The summed E-state index contributed by atoms with van der Waals surface area (Å²) in [5.41, 5.74) is 3.81. The molecule has 1 aliphatic rings. The molecule has 1 aliphatic heterocycles. The summed E-state index contributed by atoms with van der Waals surface area (Å²) in [5, 5.41) is 1.88. The lowest BCUT2D eigenvalue weighted by atomic mass is 10.1. The van der Waals surface area contributed by atoms with Crippen LogP contribution >= 0.6 is 27.5 Å². The van der Waals surface area contributed by atoms with Crippen molar-refractivity contribution in [3.05, 3.63) is 87.4 Å². The monoisotopic (exact) mass is 556 g/mol. The summed E-state index contributed by atoms with van der Waals surface area (Å²) in [5.74, 6) is 0.819. The summed E-state index contributed by atoms with van der Waals surface area (Å²) < 4.78 is 17.7. The maximum Gasteiger partial charge on any atom is 0.282 e. The maximum atomic E-state index is 12.8. The number of amides is 2. The Morgan fingerprint density at radius 1 is 1.00 bits per heavy atom. The minimum Gasteiger partial charge on any atom is -0.493 e. The molecule has 35 heavy (non-hydrogen) atoms. The van der Waals surface area contributed by atoms with Gasteiger partial charge in [0.05, 0.1) is 30.5 Å². The van der Waals surface area contributed by atoms with E-state index < -0.39 is 11.8 Å². The molecule has 1 fully saturated rings. The lowest BCUT2D eigenvalue weighted by Gasteiger charge is -2.14. The van der Waals surface area contributed by atoms with E-state index in [9.17, 15) is 9.59 Å². The highest BCUT2D eigenvalue weighted by atomic mass is 79.9. The van der Waals surface area contributed by atoms with Crippen LogP contribution in [0.4, 0.5) is 5.69 Å². The molecule has 9 heteroatoms. The van der Waals surface area contributed by atoms with Gasteiger partial charge in [-0.25, -0.2) is 5.01 Å². The van der Waals surface area contributed by atoms with Gasteiger partial charge in [-0.3, -0.25) is 15.0 Å². The molecule has 4 rings (SSSR count). The van der Waals surface area contributed by atoms with Crippen LogP contribution in [0, 0.1) is 0 Å². The van der Waals surface area contributed by atoms with Gasteiger partial charge in [0.25, 0.3) is 11.8 Å². The summed E-state index contributed by atoms with van der Waals surface area (Å²) >= 11 is 9.38. The molecular formula is C26H22BrClN2O5. The number of rotatable bonds is 9. The summed E-state index contributed by atoms with van der Waals surface area (Å²) in [4.78, 5) is 25.3. The van der Waals surface area contributed by atoms with Crippen molar-refractivity contribution >= 4 is 51.1 Å². The molecule has 0 radical (unpaired) electrons. The molecule has 0 aliphatic carbocycles. The molecule has 180 valence electrons. The number of nitrogens with one attached hydrogen (secondary N) is 1. The Labute approximate surface area is 216 Å². The number of para-hydroxylation sites is 1. The molecule has 0 atom stereocenters. The molecular weight excluding hydrogens is 536 g/mol. The Morgan fingerprint density at radius 3 is 2.43 bits per heavy atom. The topological polar surface area (TPSA) is 77.1 Å². The van der Waals surface area contributed by atoms with Crippen molar-refractivity contribution < 1.29 is 23.8 Å². The van der Waals surface area contributed by atoms with Gasteiger partial charge in [-0.15, -0.1) is 0 Å². The van der Waals surface area contributed by atoms with Gasteiger partial charge in [0.1, 0.15) is 11.3 Å².